The quantitative estimate of drug-likeness (QED) is 0.855. The third-order valence-electron chi connectivity index (χ3n) is 3.91. The lowest BCUT2D eigenvalue weighted by atomic mass is 10.1. The molecule has 3 rings (SSSR count). The van der Waals surface area contributed by atoms with Gasteiger partial charge in [-0.1, -0.05) is 0 Å². The summed E-state index contributed by atoms with van der Waals surface area (Å²) in [6, 6.07) is 7.22. The van der Waals surface area contributed by atoms with Crippen molar-refractivity contribution in [3.8, 4) is 0 Å². The molecule has 3 amide bonds. The highest BCUT2D eigenvalue weighted by Crippen LogP contribution is 2.18. The van der Waals surface area contributed by atoms with Gasteiger partial charge in [0.05, 0.1) is 0 Å². The summed E-state index contributed by atoms with van der Waals surface area (Å²) in [6.45, 7) is 4.69. The monoisotopic (exact) mass is 324 g/mol. The van der Waals surface area contributed by atoms with Gasteiger partial charge in [0.1, 0.15) is 0 Å². The molecule has 2 N–H and O–H groups in total. The SMILES string of the molecule is Cl.O=C(c1ccc(N2CCNC2=O)cc1)N1CCCNCC1. The molecule has 2 heterocycles. The minimum Gasteiger partial charge on any atom is -0.337 e. The summed E-state index contributed by atoms with van der Waals surface area (Å²) in [4.78, 5) is 27.6. The number of carbonyl (C=O) groups excluding carboxylic acids is 2. The summed E-state index contributed by atoms with van der Waals surface area (Å²) in [5, 5.41) is 6.06. The number of hydrogen-bond acceptors (Lipinski definition) is 3. The third-order valence-corrected chi connectivity index (χ3v) is 3.91. The summed E-state index contributed by atoms with van der Waals surface area (Å²) in [5.74, 6) is 0.0659. The number of amides is 3. The molecule has 2 fully saturated rings. The number of benzene rings is 1. The molecule has 0 radical (unpaired) electrons. The second-order valence-electron chi connectivity index (χ2n) is 5.33. The lowest BCUT2D eigenvalue weighted by Gasteiger charge is -2.20. The van der Waals surface area contributed by atoms with Crippen LogP contribution in [0.2, 0.25) is 0 Å². The largest absolute Gasteiger partial charge is 0.337 e. The summed E-state index contributed by atoms with van der Waals surface area (Å²) in [5.41, 5.74) is 1.51. The Kier molecular flexibility index (Phi) is 5.63. The smallest absolute Gasteiger partial charge is 0.321 e. The number of halogens is 1. The van der Waals surface area contributed by atoms with Gasteiger partial charge in [-0.2, -0.15) is 0 Å². The Bertz CT molecular complexity index is 527. The van der Waals surface area contributed by atoms with Crippen molar-refractivity contribution in [1.82, 2.24) is 15.5 Å². The number of carbonyl (C=O) groups is 2. The van der Waals surface area contributed by atoms with Crippen LogP contribution in [0.15, 0.2) is 24.3 Å². The molecule has 1 aromatic rings. The summed E-state index contributed by atoms with van der Waals surface area (Å²) in [6.07, 6.45) is 0.984. The van der Waals surface area contributed by atoms with Crippen LogP contribution in [-0.4, -0.2) is 56.1 Å². The molecule has 0 atom stereocenters. The van der Waals surface area contributed by atoms with Gasteiger partial charge < -0.3 is 15.5 Å². The maximum atomic E-state index is 12.5. The van der Waals surface area contributed by atoms with Crippen LogP contribution in [0.1, 0.15) is 16.8 Å². The van der Waals surface area contributed by atoms with Crippen molar-refractivity contribution in [2.45, 2.75) is 6.42 Å². The lowest BCUT2D eigenvalue weighted by molar-refractivity contribution is 0.0766. The van der Waals surface area contributed by atoms with Crippen LogP contribution in [0.4, 0.5) is 10.5 Å². The molecule has 2 aliphatic heterocycles. The molecule has 0 aliphatic carbocycles. The van der Waals surface area contributed by atoms with E-state index in [2.05, 4.69) is 10.6 Å². The van der Waals surface area contributed by atoms with Gasteiger partial charge in [-0.15, -0.1) is 12.4 Å². The van der Waals surface area contributed by atoms with Gasteiger partial charge in [0, 0.05) is 44.0 Å². The summed E-state index contributed by atoms with van der Waals surface area (Å²) < 4.78 is 0. The number of nitrogens with zero attached hydrogens (tertiary/aromatic N) is 2. The average molecular weight is 325 g/mol. The topological polar surface area (TPSA) is 64.7 Å². The minimum atomic E-state index is -0.0762. The van der Waals surface area contributed by atoms with Gasteiger partial charge in [-0.05, 0) is 37.2 Å². The van der Waals surface area contributed by atoms with Crippen molar-refractivity contribution < 1.29 is 9.59 Å². The summed E-state index contributed by atoms with van der Waals surface area (Å²) >= 11 is 0. The van der Waals surface area contributed by atoms with Crippen molar-refractivity contribution in [3.63, 3.8) is 0 Å². The second-order valence-corrected chi connectivity index (χ2v) is 5.33. The Hall–Kier alpha value is -1.79. The van der Waals surface area contributed by atoms with E-state index in [0.717, 1.165) is 38.3 Å². The first-order valence-corrected chi connectivity index (χ1v) is 7.41. The van der Waals surface area contributed by atoms with Crippen LogP contribution >= 0.6 is 12.4 Å². The van der Waals surface area contributed by atoms with E-state index in [0.29, 0.717) is 18.7 Å². The zero-order chi connectivity index (χ0) is 14.7. The standard InChI is InChI=1S/C15H20N4O2.ClH/c20-14(18-9-1-6-16-7-10-18)12-2-4-13(5-3-12)19-11-8-17-15(19)21;/h2-5,16H,1,6-11H2,(H,17,21);1H. The molecule has 120 valence electrons. The fourth-order valence-corrected chi connectivity index (χ4v) is 2.73. The Labute approximate surface area is 136 Å². The number of nitrogens with one attached hydrogen (secondary N) is 2. The number of urea groups is 1. The molecule has 7 heteroatoms. The van der Waals surface area contributed by atoms with Crippen LogP contribution in [0.3, 0.4) is 0 Å². The van der Waals surface area contributed by atoms with Crippen molar-refractivity contribution in [2.24, 2.45) is 0 Å². The lowest BCUT2D eigenvalue weighted by Crippen LogP contribution is -2.34. The molecule has 0 saturated carbocycles. The summed E-state index contributed by atoms with van der Waals surface area (Å²) in [7, 11) is 0. The molecule has 0 bridgehead atoms. The van der Waals surface area contributed by atoms with E-state index in [4.69, 9.17) is 0 Å². The van der Waals surface area contributed by atoms with E-state index < -0.39 is 0 Å². The molecular formula is C15H21ClN4O2. The Morgan fingerprint density at radius 1 is 1.00 bits per heavy atom. The normalized spacial score (nSPS) is 18.5. The van der Waals surface area contributed by atoms with Gasteiger partial charge in [0.25, 0.3) is 5.91 Å². The van der Waals surface area contributed by atoms with Crippen LogP contribution in [0.25, 0.3) is 0 Å². The van der Waals surface area contributed by atoms with Crippen molar-refractivity contribution in [2.75, 3.05) is 44.2 Å². The first kappa shape index (κ1) is 16.6. The van der Waals surface area contributed by atoms with Gasteiger partial charge in [0.2, 0.25) is 0 Å². The first-order valence-electron chi connectivity index (χ1n) is 7.41. The predicted molar refractivity (Wildman–Crippen MR) is 87.8 cm³/mol. The zero-order valence-corrected chi connectivity index (χ0v) is 13.2. The molecule has 22 heavy (non-hydrogen) atoms. The number of hydrogen-bond donors (Lipinski definition) is 2. The highest BCUT2D eigenvalue weighted by Gasteiger charge is 2.22. The maximum Gasteiger partial charge on any atom is 0.321 e. The van der Waals surface area contributed by atoms with Crippen molar-refractivity contribution >= 4 is 30.0 Å². The Morgan fingerprint density at radius 3 is 2.45 bits per heavy atom. The predicted octanol–water partition coefficient (Wildman–Crippen LogP) is 1.07. The van der Waals surface area contributed by atoms with Crippen LogP contribution in [0, 0.1) is 0 Å². The fraction of sp³-hybridized carbons (Fsp3) is 0.467. The van der Waals surface area contributed by atoms with E-state index in [1.54, 1.807) is 4.90 Å². The van der Waals surface area contributed by atoms with Crippen LogP contribution < -0.4 is 15.5 Å². The fourth-order valence-electron chi connectivity index (χ4n) is 2.73. The molecular weight excluding hydrogens is 304 g/mol. The van der Waals surface area contributed by atoms with Gasteiger partial charge in [-0.25, -0.2) is 4.79 Å². The van der Waals surface area contributed by atoms with E-state index >= 15 is 0 Å². The highest BCUT2D eigenvalue weighted by molar-refractivity contribution is 5.97. The maximum absolute atomic E-state index is 12.5. The molecule has 6 nitrogen and oxygen atoms in total. The number of anilines is 1. The molecule has 0 spiro atoms. The van der Waals surface area contributed by atoms with Gasteiger partial charge >= 0.3 is 6.03 Å². The molecule has 2 aliphatic rings. The highest BCUT2D eigenvalue weighted by atomic mass is 35.5. The van der Waals surface area contributed by atoms with Crippen LogP contribution in [-0.2, 0) is 0 Å². The second kappa shape index (κ2) is 7.47. The van der Waals surface area contributed by atoms with Gasteiger partial charge in [-0.3, -0.25) is 9.69 Å². The van der Waals surface area contributed by atoms with E-state index in [1.165, 1.54) is 0 Å². The zero-order valence-electron chi connectivity index (χ0n) is 12.4. The minimum absolute atomic E-state index is 0. The Morgan fingerprint density at radius 2 is 1.77 bits per heavy atom. The first-order chi connectivity index (χ1) is 10.3. The average Bonchev–Trinajstić information content (AvgIpc) is 2.78. The Balaban J connectivity index is 0.00000176. The molecule has 2 saturated heterocycles. The van der Waals surface area contributed by atoms with E-state index in [-0.39, 0.29) is 24.3 Å². The number of rotatable bonds is 2. The molecule has 1 aromatic carbocycles. The third kappa shape index (κ3) is 3.51. The van der Waals surface area contributed by atoms with E-state index in [9.17, 15) is 9.59 Å². The van der Waals surface area contributed by atoms with E-state index in [1.807, 2.05) is 29.2 Å². The molecule has 0 aromatic heterocycles. The van der Waals surface area contributed by atoms with Gasteiger partial charge in [0.15, 0.2) is 0 Å². The van der Waals surface area contributed by atoms with Crippen molar-refractivity contribution in [3.05, 3.63) is 29.8 Å². The molecule has 0 unspecified atom stereocenters. The van der Waals surface area contributed by atoms with Crippen molar-refractivity contribution in [1.29, 1.82) is 0 Å². The van der Waals surface area contributed by atoms with Crippen LogP contribution in [0.5, 0.6) is 0 Å².